The molecule has 3 nitrogen and oxygen atoms in total. The van der Waals surface area contributed by atoms with E-state index in [0.29, 0.717) is 6.04 Å². The van der Waals surface area contributed by atoms with Crippen LogP contribution in [0.1, 0.15) is 19.8 Å². The molecule has 0 aromatic heterocycles. The van der Waals surface area contributed by atoms with Gasteiger partial charge in [0.05, 0.1) is 0 Å². The van der Waals surface area contributed by atoms with Crippen molar-refractivity contribution in [2.45, 2.75) is 25.8 Å². The fraction of sp³-hybridized carbons (Fsp3) is 0.857. The molecule has 1 unspecified atom stereocenters. The maximum atomic E-state index is 3.73. The molecule has 0 aromatic carbocycles. The van der Waals surface area contributed by atoms with Gasteiger partial charge in [0.15, 0.2) is 0 Å². The molecule has 1 fully saturated rings. The Morgan fingerprint density at radius 3 is 2.59 bits per heavy atom. The molecule has 0 bridgehead atoms. The van der Waals surface area contributed by atoms with Crippen LogP contribution in [0.5, 0.6) is 0 Å². The quantitative estimate of drug-likeness (QED) is 0.535. The molecule has 0 saturated carbocycles. The van der Waals surface area contributed by atoms with E-state index in [4.69, 9.17) is 0 Å². The number of nitrogens with zero attached hydrogens (tertiary/aromatic N) is 2. The van der Waals surface area contributed by atoms with E-state index in [1.54, 1.807) is 0 Å². The number of nitrogens with one attached hydrogen (secondary N) is 1. The first-order valence-corrected chi connectivity index (χ1v) is 6.84. The molecule has 0 aromatic rings. The molecule has 0 radical (unpaired) electrons. The Morgan fingerprint density at radius 1 is 1.41 bits per heavy atom. The fourth-order valence-electron chi connectivity index (χ4n) is 2.62. The first-order valence-electron chi connectivity index (χ1n) is 6.84. The Balaban J connectivity index is 2.19. The van der Waals surface area contributed by atoms with E-state index in [1.807, 2.05) is 6.08 Å². The smallest absolute Gasteiger partial charge is 0.0192 e. The molecule has 0 amide bonds. The summed E-state index contributed by atoms with van der Waals surface area (Å²) in [6.07, 6.45) is 4.63. The van der Waals surface area contributed by atoms with Crippen molar-refractivity contribution in [3.05, 3.63) is 12.7 Å². The summed E-state index contributed by atoms with van der Waals surface area (Å²) in [7, 11) is 4.35. The lowest BCUT2D eigenvalue weighted by molar-refractivity contribution is 0.126. The average molecular weight is 239 g/mol. The molecular formula is C14H29N3. The van der Waals surface area contributed by atoms with E-state index in [0.717, 1.165) is 19.0 Å². The van der Waals surface area contributed by atoms with E-state index >= 15 is 0 Å². The van der Waals surface area contributed by atoms with E-state index in [2.05, 4.69) is 42.7 Å². The summed E-state index contributed by atoms with van der Waals surface area (Å²) in [6, 6.07) is 0.648. The Labute approximate surface area is 107 Å². The third-order valence-electron chi connectivity index (χ3n) is 3.62. The van der Waals surface area contributed by atoms with Gasteiger partial charge < -0.3 is 10.2 Å². The van der Waals surface area contributed by atoms with Crippen molar-refractivity contribution < 1.29 is 0 Å². The molecule has 3 heteroatoms. The van der Waals surface area contributed by atoms with Crippen LogP contribution in [-0.4, -0.2) is 62.7 Å². The Hall–Kier alpha value is -0.380. The van der Waals surface area contributed by atoms with Crippen LogP contribution >= 0.6 is 0 Å². The number of likely N-dealkylation sites (tertiary alicyclic amines) is 1. The van der Waals surface area contributed by atoms with Gasteiger partial charge in [0, 0.05) is 25.7 Å². The molecule has 1 aliphatic heterocycles. The Kier molecular flexibility index (Phi) is 6.78. The van der Waals surface area contributed by atoms with Crippen LogP contribution in [0, 0.1) is 5.92 Å². The number of rotatable bonds is 7. The second kappa shape index (κ2) is 7.85. The maximum Gasteiger partial charge on any atom is 0.0192 e. The summed E-state index contributed by atoms with van der Waals surface area (Å²) in [6.45, 7) is 11.8. The first kappa shape index (κ1) is 14.7. The van der Waals surface area contributed by atoms with Crippen molar-refractivity contribution in [2.24, 2.45) is 5.92 Å². The molecule has 1 heterocycles. The minimum atomic E-state index is 0.648. The van der Waals surface area contributed by atoms with Crippen LogP contribution in [0.3, 0.4) is 0 Å². The average Bonchev–Trinajstić information content (AvgIpc) is 2.29. The lowest BCUT2D eigenvalue weighted by atomic mass is 9.95. The first-order chi connectivity index (χ1) is 8.13. The third kappa shape index (κ3) is 5.66. The molecule has 100 valence electrons. The van der Waals surface area contributed by atoms with Crippen molar-refractivity contribution >= 4 is 0 Å². The van der Waals surface area contributed by atoms with Gasteiger partial charge in [-0.1, -0.05) is 6.08 Å². The second-order valence-electron chi connectivity index (χ2n) is 5.54. The van der Waals surface area contributed by atoms with E-state index in [1.165, 1.54) is 32.5 Å². The van der Waals surface area contributed by atoms with Crippen LogP contribution in [0.15, 0.2) is 12.7 Å². The van der Waals surface area contributed by atoms with Gasteiger partial charge in [-0.25, -0.2) is 0 Å². The third-order valence-corrected chi connectivity index (χ3v) is 3.62. The molecule has 0 aliphatic carbocycles. The van der Waals surface area contributed by atoms with Gasteiger partial charge in [-0.15, -0.1) is 6.58 Å². The van der Waals surface area contributed by atoms with Crippen molar-refractivity contribution in [1.82, 2.24) is 15.1 Å². The molecule has 1 N–H and O–H groups in total. The summed E-state index contributed by atoms with van der Waals surface area (Å²) in [5, 5.41) is 3.41. The van der Waals surface area contributed by atoms with Gasteiger partial charge in [0.25, 0.3) is 0 Å². The van der Waals surface area contributed by atoms with E-state index < -0.39 is 0 Å². The molecule has 1 atom stereocenters. The van der Waals surface area contributed by atoms with Gasteiger partial charge in [0.2, 0.25) is 0 Å². The predicted molar refractivity (Wildman–Crippen MR) is 75.4 cm³/mol. The zero-order chi connectivity index (χ0) is 12.7. The molecule has 1 saturated heterocycles. The van der Waals surface area contributed by atoms with Gasteiger partial charge >= 0.3 is 0 Å². The topological polar surface area (TPSA) is 18.5 Å². The van der Waals surface area contributed by atoms with Crippen LogP contribution in [0.4, 0.5) is 0 Å². The normalized spacial score (nSPS) is 20.7. The van der Waals surface area contributed by atoms with E-state index in [9.17, 15) is 0 Å². The maximum absolute atomic E-state index is 3.73. The highest BCUT2D eigenvalue weighted by atomic mass is 15.2. The minimum Gasteiger partial charge on any atom is -0.312 e. The zero-order valence-corrected chi connectivity index (χ0v) is 11.8. The summed E-state index contributed by atoms with van der Waals surface area (Å²) in [4.78, 5) is 4.93. The van der Waals surface area contributed by atoms with Crippen molar-refractivity contribution in [2.75, 3.05) is 46.8 Å². The SMILES string of the molecule is C=CCNCC(C)N1CCC(CN(C)C)CC1. The number of piperidine rings is 1. The van der Waals surface area contributed by atoms with E-state index in [-0.39, 0.29) is 0 Å². The number of hydrogen-bond acceptors (Lipinski definition) is 3. The molecule has 1 rings (SSSR count). The van der Waals surface area contributed by atoms with Crippen LogP contribution in [0.25, 0.3) is 0 Å². The summed E-state index contributed by atoms with van der Waals surface area (Å²) in [5.74, 6) is 0.898. The van der Waals surface area contributed by atoms with Gasteiger partial charge in [-0.2, -0.15) is 0 Å². The van der Waals surface area contributed by atoms with Crippen LogP contribution in [-0.2, 0) is 0 Å². The molecule has 17 heavy (non-hydrogen) atoms. The van der Waals surface area contributed by atoms with Crippen molar-refractivity contribution in [3.63, 3.8) is 0 Å². The number of hydrogen-bond donors (Lipinski definition) is 1. The Morgan fingerprint density at radius 2 is 2.06 bits per heavy atom. The van der Waals surface area contributed by atoms with Crippen LogP contribution < -0.4 is 5.32 Å². The minimum absolute atomic E-state index is 0.648. The highest BCUT2D eigenvalue weighted by molar-refractivity contribution is 4.79. The summed E-state index contributed by atoms with van der Waals surface area (Å²) < 4.78 is 0. The van der Waals surface area contributed by atoms with Gasteiger partial charge in [-0.3, -0.25) is 4.90 Å². The Bertz CT molecular complexity index is 208. The fourth-order valence-corrected chi connectivity index (χ4v) is 2.62. The highest BCUT2D eigenvalue weighted by Crippen LogP contribution is 2.19. The summed E-state index contributed by atoms with van der Waals surface area (Å²) >= 11 is 0. The summed E-state index contributed by atoms with van der Waals surface area (Å²) in [5.41, 5.74) is 0. The molecular weight excluding hydrogens is 210 g/mol. The monoisotopic (exact) mass is 239 g/mol. The standard InChI is InChI=1S/C14H29N3/c1-5-8-15-11-13(2)17-9-6-14(7-10-17)12-16(3)4/h5,13-15H,1,6-12H2,2-4H3. The molecule has 0 spiro atoms. The van der Waals surface area contributed by atoms with Crippen molar-refractivity contribution in [1.29, 1.82) is 0 Å². The largest absolute Gasteiger partial charge is 0.312 e. The zero-order valence-electron chi connectivity index (χ0n) is 11.8. The van der Waals surface area contributed by atoms with Gasteiger partial charge in [-0.05, 0) is 52.9 Å². The lowest BCUT2D eigenvalue weighted by Crippen LogP contribution is -2.45. The molecule has 1 aliphatic rings. The van der Waals surface area contributed by atoms with Gasteiger partial charge in [0.1, 0.15) is 0 Å². The highest BCUT2D eigenvalue weighted by Gasteiger charge is 2.22. The second-order valence-corrected chi connectivity index (χ2v) is 5.54. The van der Waals surface area contributed by atoms with Crippen LogP contribution in [0.2, 0.25) is 0 Å². The lowest BCUT2D eigenvalue weighted by Gasteiger charge is -2.37. The van der Waals surface area contributed by atoms with Crippen molar-refractivity contribution in [3.8, 4) is 0 Å². The predicted octanol–water partition coefficient (Wildman–Crippen LogP) is 1.42.